The summed E-state index contributed by atoms with van der Waals surface area (Å²) < 4.78 is 4.96. The molecular weight excluding hydrogens is 237 g/mol. The van der Waals surface area contributed by atoms with Crippen molar-refractivity contribution in [3.63, 3.8) is 0 Å². The van der Waals surface area contributed by atoms with Crippen LogP contribution in [0.2, 0.25) is 5.22 Å². The summed E-state index contributed by atoms with van der Waals surface area (Å²) in [6.07, 6.45) is 2.92. The average Bonchev–Trinajstić information content (AvgIpc) is 2.64. The van der Waals surface area contributed by atoms with E-state index in [1.807, 2.05) is 0 Å². The summed E-state index contributed by atoms with van der Waals surface area (Å²) in [7, 11) is 0. The average molecular weight is 250 g/mol. The smallest absolute Gasteiger partial charge is 0.287 e. The third-order valence-electron chi connectivity index (χ3n) is 1.89. The van der Waals surface area contributed by atoms with Crippen LogP contribution in [0.4, 0.5) is 0 Å². The number of alkyl halides is 1. The highest BCUT2D eigenvalue weighted by Gasteiger charge is 2.08. The summed E-state index contributed by atoms with van der Waals surface area (Å²) in [4.78, 5) is 11.4. The van der Waals surface area contributed by atoms with Gasteiger partial charge in [0.1, 0.15) is 0 Å². The van der Waals surface area contributed by atoms with Crippen molar-refractivity contribution in [2.75, 3.05) is 12.4 Å². The van der Waals surface area contributed by atoms with Crippen LogP contribution in [-0.4, -0.2) is 18.3 Å². The molecule has 0 bridgehead atoms. The summed E-state index contributed by atoms with van der Waals surface area (Å²) >= 11 is 11.1. The Bertz CT molecular complexity index is 312. The van der Waals surface area contributed by atoms with E-state index in [9.17, 15) is 4.79 Å². The van der Waals surface area contributed by atoms with Gasteiger partial charge in [-0.1, -0.05) is 6.42 Å². The van der Waals surface area contributed by atoms with Gasteiger partial charge in [-0.3, -0.25) is 4.79 Å². The van der Waals surface area contributed by atoms with E-state index in [0.717, 1.165) is 19.3 Å². The van der Waals surface area contributed by atoms with Crippen LogP contribution in [0.25, 0.3) is 0 Å². The molecule has 1 amide bonds. The van der Waals surface area contributed by atoms with Gasteiger partial charge in [0.05, 0.1) is 0 Å². The van der Waals surface area contributed by atoms with Crippen molar-refractivity contribution in [1.29, 1.82) is 0 Å². The van der Waals surface area contributed by atoms with E-state index < -0.39 is 0 Å². The van der Waals surface area contributed by atoms with Crippen molar-refractivity contribution in [1.82, 2.24) is 5.32 Å². The maximum Gasteiger partial charge on any atom is 0.287 e. The Labute approximate surface area is 98.7 Å². The van der Waals surface area contributed by atoms with Crippen LogP contribution in [0.1, 0.15) is 29.8 Å². The molecule has 1 N–H and O–H groups in total. The Morgan fingerprint density at radius 1 is 1.33 bits per heavy atom. The van der Waals surface area contributed by atoms with Gasteiger partial charge >= 0.3 is 0 Å². The molecule has 0 aliphatic rings. The monoisotopic (exact) mass is 249 g/mol. The molecule has 0 aliphatic heterocycles. The van der Waals surface area contributed by atoms with Crippen LogP contribution in [0.15, 0.2) is 16.5 Å². The van der Waals surface area contributed by atoms with Crippen LogP contribution in [0.5, 0.6) is 0 Å². The highest BCUT2D eigenvalue weighted by Crippen LogP contribution is 2.12. The second kappa shape index (κ2) is 6.75. The zero-order chi connectivity index (χ0) is 11.1. The number of carbonyl (C=O) groups is 1. The second-order valence-corrected chi connectivity index (χ2v) is 3.86. The van der Waals surface area contributed by atoms with Crippen molar-refractivity contribution >= 4 is 29.1 Å². The molecule has 0 aliphatic carbocycles. The quantitative estimate of drug-likeness (QED) is 0.622. The van der Waals surface area contributed by atoms with Gasteiger partial charge in [-0.05, 0) is 36.6 Å². The summed E-state index contributed by atoms with van der Waals surface area (Å²) in [6, 6.07) is 3.10. The molecule has 1 rings (SSSR count). The van der Waals surface area contributed by atoms with Gasteiger partial charge in [0.15, 0.2) is 11.0 Å². The summed E-state index contributed by atoms with van der Waals surface area (Å²) in [5.41, 5.74) is 0. The Morgan fingerprint density at radius 3 is 2.73 bits per heavy atom. The highest BCUT2D eigenvalue weighted by molar-refractivity contribution is 6.29. The Kier molecular flexibility index (Phi) is 5.58. The molecule has 0 radical (unpaired) electrons. The molecule has 1 aromatic heterocycles. The molecule has 0 atom stereocenters. The summed E-state index contributed by atoms with van der Waals surface area (Å²) in [6.45, 7) is 0.633. The predicted octanol–water partition coefficient (Wildman–Crippen LogP) is 3.07. The number of carbonyl (C=O) groups excluding carboxylic acids is 1. The fraction of sp³-hybridized carbons (Fsp3) is 0.500. The molecule has 0 saturated carbocycles. The molecule has 0 saturated heterocycles. The molecule has 3 nitrogen and oxygen atoms in total. The van der Waals surface area contributed by atoms with Crippen molar-refractivity contribution in [3.8, 4) is 0 Å². The summed E-state index contributed by atoms with van der Waals surface area (Å²) in [5, 5.41) is 2.96. The SMILES string of the molecule is O=C(NCCCCCCl)c1ccc(Cl)o1. The van der Waals surface area contributed by atoms with E-state index in [1.165, 1.54) is 0 Å². The number of amides is 1. The number of rotatable bonds is 6. The lowest BCUT2D eigenvalue weighted by Crippen LogP contribution is -2.23. The summed E-state index contributed by atoms with van der Waals surface area (Å²) in [5.74, 6) is 0.687. The lowest BCUT2D eigenvalue weighted by molar-refractivity contribution is 0.0925. The number of halogens is 2. The molecular formula is C10H13Cl2NO2. The number of nitrogens with one attached hydrogen (secondary N) is 1. The van der Waals surface area contributed by atoms with Gasteiger partial charge in [0.25, 0.3) is 5.91 Å². The van der Waals surface area contributed by atoms with Crippen LogP contribution in [0, 0.1) is 0 Å². The lowest BCUT2D eigenvalue weighted by Gasteiger charge is -2.01. The fourth-order valence-corrected chi connectivity index (χ4v) is 1.46. The molecule has 84 valence electrons. The van der Waals surface area contributed by atoms with Crippen molar-refractivity contribution in [2.45, 2.75) is 19.3 Å². The van der Waals surface area contributed by atoms with Crippen molar-refractivity contribution in [2.24, 2.45) is 0 Å². The van der Waals surface area contributed by atoms with Gasteiger partial charge in [0.2, 0.25) is 0 Å². The van der Waals surface area contributed by atoms with Crippen LogP contribution in [-0.2, 0) is 0 Å². The van der Waals surface area contributed by atoms with E-state index in [2.05, 4.69) is 5.32 Å². The maximum absolute atomic E-state index is 11.4. The van der Waals surface area contributed by atoms with Gasteiger partial charge in [0, 0.05) is 12.4 Å². The van der Waals surface area contributed by atoms with E-state index in [4.69, 9.17) is 27.6 Å². The number of unbranched alkanes of at least 4 members (excludes halogenated alkanes) is 2. The van der Waals surface area contributed by atoms with Crippen LogP contribution in [0.3, 0.4) is 0 Å². The first-order valence-corrected chi connectivity index (χ1v) is 5.75. The Morgan fingerprint density at radius 2 is 2.13 bits per heavy atom. The number of hydrogen-bond acceptors (Lipinski definition) is 2. The third-order valence-corrected chi connectivity index (χ3v) is 2.36. The fourth-order valence-electron chi connectivity index (χ4n) is 1.12. The molecule has 0 spiro atoms. The standard InChI is InChI=1S/C10H13Cl2NO2/c11-6-2-1-3-7-13-10(14)8-4-5-9(12)15-8/h4-5H,1-3,6-7H2,(H,13,14). The molecule has 0 aromatic carbocycles. The van der Waals surface area contributed by atoms with Crippen LogP contribution < -0.4 is 5.32 Å². The molecule has 0 unspecified atom stereocenters. The predicted molar refractivity (Wildman–Crippen MR) is 60.6 cm³/mol. The van der Waals surface area contributed by atoms with Crippen molar-refractivity contribution in [3.05, 3.63) is 23.1 Å². The van der Waals surface area contributed by atoms with Gasteiger partial charge < -0.3 is 9.73 Å². The van der Waals surface area contributed by atoms with Gasteiger partial charge in [-0.25, -0.2) is 0 Å². The molecule has 1 heterocycles. The molecule has 15 heavy (non-hydrogen) atoms. The van der Waals surface area contributed by atoms with E-state index in [-0.39, 0.29) is 16.9 Å². The first-order chi connectivity index (χ1) is 7.24. The minimum Gasteiger partial charge on any atom is -0.440 e. The zero-order valence-corrected chi connectivity index (χ0v) is 9.77. The zero-order valence-electron chi connectivity index (χ0n) is 8.26. The van der Waals surface area contributed by atoms with E-state index >= 15 is 0 Å². The van der Waals surface area contributed by atoms with Gasteiger partial charge in [-0.2, -0.15) is 0 Å². The molecule has 0 fully saturated rings. The second-order valence-electron chi connectivity index (χ2n) is 3.11. The van der Waals surface area contributed by atoms with Gasteiger partial charge in [-0.15, -0.1) is 11.6 Å². The first kappa shape index (κ1) is 12.4. The van der Waals surface area contributed by atoms with Crippen LogP contribution >= 0.6 is 23.2 Å². The normalized spacial score (nSPS) is 10.3. The molecule has 5 heteroatoms. The highest BCUT2D eigenvalue weighted by atomic mass is 35.5. The largest absolute Gasteiger partial charge is 0.440 e. The third kappa shape index (κ3) is 4.58. The maximum atomic E-state index is 11.4. The van der Waals surface area contributed by atoms with E-state index in [1.54, 1.807) is 12.1 Å². The van der Waals surface area contributed by atoms with Crippen molar-refractivity contribution < 1.29 is 9.21 Å². The van der Waals surface area contributed by atoms with E-state index in [0.29, 0.717) is 12.4 Å². The number of hydrogen-bond donors (Lipinski definition) is 1. The minimum atomic E-state index is -0.229. The minimum absolute atomic E-state index is 0.224. The lowest BCUT2D eigenvalue weighted by atomic mass is 10.2. The first-order valence-electron chi connectivity index (χ1n) is 4.83. The number of furan rings is 1. The Hall–Kier alpha value is -0.670. The molecule has 1 aromatic rings. The topological polar surface area (TPSA) is 42.2 Å². The Balaban J connectivity index is 2.19.